The minimum absolute atomic E-state index is 0.0310. The fraction of sp³-hybridized carbons (Fsp3) is 0.450. The quantitative estimate of drug-likeness (QED) is 0.649. The first kappa shape index (κ1) is 20.4. The van der Waals surface area contributed by atoms with Gasteiger partial charge in [-0.2, -0.15) is 0 Å². The standard InChI is InChI=1S/C20H30N2OS/c1-6-8-16(14-21)13-15(3)22-19(23)12-10-17-9-11-18(24-17)20(4,5)7-2/h6,8-9,11,13H,1,7,10,12,14,21H2,2-5H3,(H,22,23)/b15-13+,16-8-. The molecule has 4 heteroatoms. The second-order valence-corrected chi connectivity index (χ2v) is 7.73. The van der Waals surface area contributed by atoms with Gasteiger partial charge >= 0.3 is 0 Å². The Bertz CT molecular complexity index is 623. The van der Waals surface area contributed by atoms with Crippen LogP contribution in [-0.4, -0.2) is 12.5 Å². The molecule has 0 radical (unpaired) electrons. The summed E-state index contributed by atoms with van der Waals surface area (Å²) in [5.74, 6) is 0.0310. The molecule has 3 nitrogen and oxygen atoms in total. The van der Waals surface area contributed by atoms with Crippen molar-refractivity contribution in [3.05, 3.63) is 58.0 Å². The number of nitrogens with two attached hydrogens (primary N) is 1. The van der Waals surface area contributed by atoms with Gasteiger partial charge in [-0.3, -0.25) is 4.79 Å². The molecule has 1 rings (SSSR count). The summed E-state index contributed by atoms with van der Waals surface area (Å²) >= 11 is 1.81. The van der Waals surface area contributed by atoms with Gasteiger partial charge in [0.2, 0.25) is 5.91 Å². The molecule has 0 saturated heterocycles. The Labute approximate surface area is 150 Å². The minimum atomic E-state index is 0.0310. The van der Waals surface area contributed by atoms with Crippen molar-refractivity contribution >= 4 is 17.2 Å². The first-order chi connectivity index (χ1) is 11.3. The molecule has 24 heavy (non-hydrogen) atoms. The van der Waals surface area contributed by atoms with E-state index in [1.165, 1.54) is 9.75 Å². The molecule has 0 aliphatic rings. The van der Waals surface area contributed by atoms with Crippen LogP contribution in [0.2, 0.25) is 0 Å². The number of thiophene rings is 1. The van der Waals surface area contributed by atoms with Crippen LogP contribution in [-0.2, 0) is 16.6 Å². The summed E-state index contributed by atoms with van der Waals surface area (Å²) in [7, 11) is 0. The van der Waals surface area contributed by atoms with Gasteiger partial charge in [-0.1, -0.05) is 39.5 Å². The zero-order valence-corrected chi connectivity index (χ0v) is 16.1. The topological polar surface area (TPSA) is 55.1 Å². The van der Waals surface area contributed by atoms with Gasteiger partial charge in [0.1, 0.15) is 0 Å². The summed E-state index contributed by atoms with van der Waals surface area (Å²) in [6.07, 6.45) is 7.79. The molecule has 0 fully saturated rings. The van der Waals surface area contributed by atoms with Crippen LogP contribution < -0.4 is 11.1 Å². The number of aryl methyl sites for hydroxylation is 1. The maximum atomic E-state index is 12.1. The predicted octanol–water partition coefficient (Wildman–Crippen LogP) is 4.46. The third kappa shape index (κ3) is 6.46. The summed E-state index contributed by atoms with van der Waals surface area (Å²) in [6, 6.07) is 4.34. The molecule has 0 unspecified atom stereocenters. The highest BCUT2D eigenvalue weighted by Gasteiger charge is 2.20. The normalized spacial score (nSPS) is 13.0. The van der Waals surface area contributed by atoms with Crippen LogP contribution in [0.4, 0.5) is 0 Å². The van der Waals surface area contributed by atoms with Gasteiger partial charge in [0, 0.05) is 28.4 Å². The average Bonchev–Trinajstić information content (AvgIpc) is 3.02. The van der Waals surface area contributed by atoms with Crippen molar-refractivity contribution in [3.8, 4) is 0 Å². The number of amides is 1. The molecule has 1 amide bonds. The first-order valence-corrected chi connectivity index (χ1v) is 9.23. The van der Waals surface area contributed by atoms with Crippen LogP contribution in [0.15, 0.2) is 48.2 Å². The predicted molar refractivity (Wildman–Crippen MR) is 105 cm³/mol. The number of carbonyl (C=O) groups excluding carboxylic acids is 1. The number of nitrogens with one attached hydrogen (secondary N) is 1. The lowest BCUT2D eigenvalue weighted by Crippen LogP contribution is -2.22. The van der Waals surface area contributed by atoms with E-state index in [9.17, 15) is 4.79 Å². The van der Waals surface area contributed by atoms with Gasteiger partial charge in [-0.15, -0.1) is 11.3 Å². The van der Waals surface area contributed by atoms with Gasteiger partial charge in [0.05, 0.1) is 0 Å². The molecule has 0 bridgehead atoms. The van der Waals surface area contributed by atoms with Crippen LogP contribution >= 0.6 is 11.3 Å². The maximum Gasteiger partial charge on any atom is 0.224 e. The van der Waals surface area contributed by atoms with Crippen LogP contribution in [0.3, 0.4) is 0 Å². The zero-order valence-electron chi connectivity index (χ0n) is 15.3. The van der Waals surface area contributed by atoms with Crippen molar-refractivity contribution in [1.29, 1.82) is 0 Å². The molecule has 0 spiro atoms. The highest BCUT2D eigenvalue weighted by atomic mass is 32.1. The minimum Gasteiger partial charge on any atom is -0.330 e. The fourth-order valence-corrected chi connectivity index (χ4v) is 3.39. The van der Waals surface area contributed by atoms with Crippen molar-refractivity contribution in [1.82, 2.24) is 5.32 Å². The Hall–Kier alpha value is -1.65. The van der Waals surface area contributed by atoms with E-state index in [1.54, 1.807) is 6.08 Å². The van der Waals surface area contributed by atoms with E-state index < -0.39 is 0 Å². The Morgan fingerprint density at radius 1 is 1.42 bits per heavy atom. The van der Waals surface area contributed by atoms with Gasteiger partial charge in [0.25, 0.3) is 0 Å². The largest absolute Gasteiger partial charge is 0.330 e. The molecule has 1 aromatic heterocycles. The maximum absolute atomic E-state index is 12.1. The zero-order chi connectivity index (χ0) is 18.2. The Balaban J connectivity index is 2.56. The van der Waals surface area contributed by atoms with Gasteiger partial charge < -0.3 is 11.1 Å². The van der Waals surface area contributed by atoms with E-state index in [0.717, 1.165) is 24.1 Å². The lowest BCUT2D eigenvalue weighted by Gasteiger charge is -2.20. The van der Waals surface area contributed by atoms with E-state index in [-0.39, 0.29) is 11.3 Å². The highest BCUT2D eigenvalue weighted by molar-refractivity contribution is 7.12. The Morgan fingerprint density at radius 3 is 2.71 bits per heavy atom. The molecular formula is C20H30N2OS. The molecule has 1 heterocycles. The second kappa shape index (κ2) is 9.60. The van der Waals surface area contributed by atoms with Gasteiger partial charge in [0.15, 0.2) is 0 Å². The van der Waals surface area contributed by atoms with Crippen LogP contribution in [0.25, 0.3) is 0 Å². The molecule has 0 aliphatic heterocycles. The molecule has 3 N–H and O–H groups in total. The van der Waals surface area contributed by atoms with Crippen molar-refractivity contribution in [3.63, 3.8) is 0 Å². The lowest BCUT2D eigenvalue weighted by molar-refractivity contribution is -0.120. The average molecular weight is 347 g/mol. The third-order valence-electron chi connectivity index (χ3n) is 4.12. The van der Waals surface area contributed by atoms with E-state index in [2.05, 4.69) is 44.8 Å². The van der Waals surface area contributed by atoms with Crippen LogP contribution in [0.1, 0.15) is 50.3 Å². The van der Waals surface area contributed by atoms with Crippen molar-refractivity contribution in [2.75, 3.05) is 6.54 Å². The van der Waals surface area contributed by atoms with E-state index >= 15 is 0 Å². The summed E-state index contributed by atoms with van der Waals surface area (Å²) in [5.41, 5.74) is 7.60. The first-order valence-electron chi connectivity index (χ1n) is 8.41. The number of carbonyl (C=O) groups is 1. The molecule has 132 valence electrons. The van der Waals surface area contributed by atoms with Crippen LogP contribution in [0.5, 0.6) is 0 Å². The van der Waals surface area contributed by atoms with Gasteiger partial charge in [-0.05, 0) is 49.0 Å². The van der Waals surface area contributed by atoms with E-state index in [0.29, 0.717) is 13.0 Å². The van der Waals surface area contributed by atoms with Crippen molar-refractivity contribution in [2.24, 2.45) is 5.73 Å². The summed E-state index contributed by atoms with van der Waals surface area (Å²) in [4.78, 5) is 14.7. The third-order valence-corrected chi connectivity index (χ3v) is 5.63. The molecule has 0 aliphatic carbocycles. The van der Waals surface area contributed by atoms with Crippen molar-refractivity contribution < 1.29 is 4.79 Å². The van der Waals surface area contributed by atoms with Crippen molar-refractivity contribution in [2.45, 2.75) is 52.4 Å². The molecule has 0 atom stereocenters. The lowest BCUT2D eigenvalue weighted by atomic mass is 9.89. The van der Waals surface area contributed by atoms with E-state index in [4.69, 9.17) is 5.73 Å². The van der Waals surface area contributed by atoms with Crippen LogP contribution in [0, 0.1) is 0 Å². The summed E-state index contributed by atoms with van der Waals surface area (Å²) in [6.45, 7) is 12.7. The molecule has 1 aromatic rings. The fourth-order valence-electron chi connectivity index (χ4n) is 2.21. The number of allylic oxidation sites excluding steroid dienone is 3. The SMILES string of the molecule is C=C/C=C(/C=C(\C)NC(=O)CCc1ccc(C(C)(C)CC)s1)CN. The Kier molecular flexibility index (Phi) is 8.16. The monoisotopic (exact) mass is 346 g/mol. The Morgan fingerprint density at radius 2 is 2.12 bits per heavy atom. The smallest absolute Gasteiger partial charge is 0.224 e. The number of hydrogen-bond donors (Lipinski definition) is 2. The second-order valence-electron chi connectivity index (χ2n) is 6.56. The summed E-state index contributed by atoms with van der Waals surface area (Å²) < 4.78 is 0. The number of hydrogen-bond acceptors (Lipinski definition) is 3. The molecule has 0 aromatic carbocycles. The summed E-state index contributed by atoms with van der Waals surface area (Å²) in [5, 5.41) is 2.92. The molecular weight excluding hydrogens is 316 g/mol. The van der Waals surface area contributed by atoms with Gasteiger partial charge in [-0.25, -0.2) is 0 Å². The number of rotatable bonds is 9. The highest BCUT2D eigenvalue weighted by Crippen LogP contribution is 2.32. The van der Waals surface area contributed by atoms with E-state index in [1.807, 2.05) is 30.4 Å². The molecule has 0 saturated carbocycles.